The molecule has 1 aliphatic heterocycles. The van der Waals surface area contributed by atoms with E-state index in [1.165, 1.54) is 0 Å². The Kier molecular flexibility index (Phi) is 5.71. The second-order valence-corrected chi connectivity index (χ2v) is 4.93. The van der Waals surface area contributed by atoms with Crippen LogP contribution in [-0.4, -0.2) is 87.7 Å². The largest absolute Gasteiger partial charge is 0.379 e. The molecule has 1 aliphatic rings. The third kappa shape index (κ3) is 4.52. The Morgan fingerprint density at radius 3 is 2.47 bits per heavy atom. The lowest BCUT2D eigenvalue weighted by atomic mass is 10.2. The minimum absolute atomic E-state index is 0.515. The van der Waals surface area contributed by atoms with Gasteiger partial charge in [-0.05, 0) is 6.92 Å². The molecule has 1 heterocycles. The van der Waals surface area contributed by atoms with Crippen LogP contribution in [-0.2, 0) is 4.74 Å². The van der Waals surface area contributed by atoms with Gasteiger partial charge in [0.15, 0.2) is 5.96 Å². The Morgan fingerprint density at radius 2 is 1.94 bits per heavy atom. The molecule has 0 amide bonds. The van der Waals surface area contributed by atoms with E-state index in [0.717, 1.165) is 38.8 Å². The number of morpholine rings is 1. The molecule has 1 atom stereocenters. The first-order valence-electron chi connectivity index (χ1n) is 6.23. The highest BCUT2D eigenvalue weighted by molar-refractivity contribution is 5.79. The van der Waals surface area contributed by atoms with Crippen LogP contribution >= 0.6 is 0 Å². The van der Waals surface area contributed by atoms with Crippen LogP contribution in [0.2, 0.25) is 0 Å². The molecule has 1 rings (SSSR count). The average Bonchev–Trinajstić information content (AvgIpc) is 2.25. The van der Waals surface area contributed by atoms with E-state index in [4.69, 9.17) is 4.74 Å². The van der Waals surface area contributed by atoms with Crippen LogP contribution in [0.5, 0.6) is 0 Å². The van der Waals surface area contributed by atoms with Gasteiger partial charge in [-0.3, -0.25) is 9.89 Å². The van der Waals surface area contributed by atoms with Gasteiger partial charge in [0.2, 0.25) is 0 Å². The van der Waals surface area contributed by atoms with E-state index in [-0.39, 0.29) is 0 Å². The topological polar surface area (TPSA) is 31.3 Å². The van der Waals surface area contributed by atoms with Crippen molar-refractivity contribution in [3.8, 4) is 0 Å². The van der Waals surface area contributed by atoms with Gasteiger partial charge in [-0.2, -0.15) is 0 Å². The number of hydrogen-bond donors (Lipinski definition) is 0. The minimum atomic E-state index is 0.515. The van der Waals surface area contributed by atoms with Crippen molar-refractivity contribution in [3.63, 3.8) is 0 Å². The molecule has 0 N–H and O–H groups in total. The number of hydrogen-bond acceptors (Lipinski definition) is 3. The van der Waals surface area contributed by atoms with Crippen molar-refractivity contribution in [3.05, 3.63) is 0 Å². The number of aliphatic imine (C=N–C) groups is 1. The molecule has 0 bridgehead atoms. The molecule has 0 radical (unpaired) electrons. The molecule has 0 aromatic carbocycles. The molecule has 0 aliphatic carbocycles. The summed E-state index contributed by atoms with van der Waals surface area (Å²) in [6, 6.07) is 0.515. The van der Waals surface area contributed by atoms with E-state index in [1.54, 1.807) is 0 Å². The number of nitrogens with zero attached hydrogens (tertiary/aromatic N) is 4. The Balaban J connectivity index is 2.41. The maximum Gasteiger partial charge on any atom is 0.195 e. The third-order valence-electron chi connectivity index (χ3n) is 2.95. The Labute approximate surface area is 105 Å². The lowest BCUT2D eigenvalue weighted by Gasteiger charge is -2.33. The predicted octanol–water partition coefficient (Wildman–Crippen LogP) is 0.186. The molecule has 0 spiro atoms. The first-order valence-corrected chi connectivity index (χ1v) is 6.23. The molecule has 100 valence electrons. The zero-order valence-corrected chi connectivity index (χ0v) is 11.8. The van der Waals surface area contributed by atoms with Gasteiger partial charge in [0, 0.05) is 47.3 Å². The van der Waals surface area contributed by atoms with Crippen LogP contribution in [0.1, 0.15) is 6.92 Å². The molecule has 5 heteroatoms. The van der Waals surface area contributed by atoms with Gasteiger partial charge in [-0.15, -0.1) is 0 Å². The second-order valence-electron chi connectivity index (χ2n) is 4.93. The second kappa shape index (κ2) is 6.81. The summed E-state index contributed by atoms with van der Waals surface area (Å²) in [5, 5.41) is 0. The molecule has 17 heavy (non-hydrogen) atoms. The maximum atomic E-state index is 5.42. The molecule has 1 saturated heterocycles. The van der Waals surface area contributed by atoms with E-state index >= 15 is 0 Å². The first kappa shape index (κ1) is 14.3. The summed E-state index contributed by atoms with van der Waals surface area (Å²) in [6.45, 7) is 6.78. The van der Waals surface area contributed by atoms with E-state index in [1.807, 2.05) is 38.0 Å². The van der Waals surface area contributed by atoms with E-state index in [9.17, 15) is 0 Å². The van der Waals surface area contributed by atoms with Gasteiger partial charge in [-0.1, -0.05) is 0 Å². The zero-order valence-electron chi connectivity index (χ0n) is 11.8. The monoisotopic (exact) mass is 242 g/mol. The summed E-state index contributed by atoms with van der Waals surface area (Å²) in [4.78, 5) is 11.2. The quantitative estimate of drug-likeness (QED) is 0.522. The molecule has 5 nitrogen and oxygen atoms in total. The fraction of sp³-hybridized carbons (Fsp3) is 0.917. The van der Waals surface area contributed by atoms with Gasteiger partial charge in [0.05, 0.1) is 19.8 Å². The van der Waals surface area contributed by atoms with Crippen LogP contribution in [0.15, 0.2) is 4.99 Å². The van der Waals surface area contributed by atoms with Crippen LogP contribution < -0.4 is 0 Å². The fourth-order valence-corrected chi connectivity index (χ4v) is 2.05. The molecular formula is C12H26N4O. The molecule has 1 fully saturated rings. The molecular weight excluding hydrogens is 216 g/mol. The normalized spacial score (nSPS) is 21.1. The van der Waals surface area contributed by atoms with Gasteiger partial charge in [0.1, 0.15) is 0 Å². The highest BCUT2D eigenvalue weighted by Crippen LogP contribution is 2.05. The van der Waals surface area contributed by atoms with Crippen molar-refractivity contribution in [2.75, 3.05) is 61.0 Å². The van der Waals surface area contributed by atoms with Crippen molar-refractivity contribution in [2.45, 2.75) is 13.0 Å². The summed E-state index contributed by atoms with van der Waals surface area (Å²) < 4.78 is 5.42. The zero-order chi connectivity index (χ0) is 12.8. The molecule has 0 saturated carbocycles. The van der Waals surface area contributed by atoms with Crippen molar-refractivity contribution >= 4 is 5.96 Å². The van der Waals surface area contributed by atoms with E-state index in [2.05, 4.69) is 16.8 Å². The van der Waals surface area contributed by atoms with Crippen LogP contribution in [0.3, 0.4) is 0 Å². The van der Waals surface area contributed by atoms with Crippen LogP contribution in [0.25, 0.3) is 0 Å². The van der Waals surface area contributed by atoms with Gasteiger partial charge >= 0.3 is 0 Å². The molecule has 1 unspecified atom stereocenters. The van der Waals surface area contributed by atoms with Gasteiger partial charge in [0.25, 0.3) is 0 Å². The van der Waals surface area contributed by atoms with E-state index < -0.39 is 0 Å². The lowest BCUT2D eigenvalue weighted by Crippen LogP contribution is -2.45. The SMILES string of the molecule is CC1COCCN1CCN=C(N(C)C)N(C)C. The van der Waals surface area contributed by atoms with Crippen molar-refractivity contribution in [1.82, 2.24) is 14.7 Å². The smallest absolute Gasteiger partial charge is 0.195 e. The number of guanidine groups is 1. The summed E-state index contributed by atoms with van der Waals surface area (Å²) in [6.07, 6.45) is 0. The highest BCUT2D eigenvalue weighted by atomic mass is 16.5. The lowest BCUT2D eigenvalue weighted by molar-refractivity contribution is 0.00138. The summed E-state index contributed by atoms with van der Waals surface area (Å²) >= 11 is 0. The van der Waals surface area contributed by atoms with Crippen LogP contribution in [0, 0.1) is 0 Å². The van der Waals surface area contributed by atoms with Gasteiger partial charge in [-0.25, -0.2) is 0 Å². The summed E-state index contributed by atoms with van der Waals surface area (Å²) in [5.74, 6) is 1.02. The predicted molar refractivity (Wildman–Crippen MR) is 71.5 cm³/mol. The average molecular weight is 242 g/mol. The molecule has 0 aromatic rings. The third-order valence-corrected chi connectivity index (χ3v) is 2.95. The van der Waals surface area contributed by atoms with Crippen LogP contribution in [0.4, 0.5) is 0 Å². The van der Waals surface area contributed by atoms with Crippen molar-refractivity contribution in [1.29, 1.82) is 0 Å². The Morgan fingerprint density at radius 1 is 1.29 bits per heavy atom. The maximum absolute atomic E-state index is 5.42. The summed E-state index contributed by atoms with van der Waals surface area (Å²) in [5.41, 5.74) is 0. The van der Waals surface area contributed by atoms with Gasteiger partial charge < -0.3 is 14.5 Å². The molecule has 0 aromatic heterocycles. The van der Waals surface area contributed by atoms with Crippen molar-refractivity contribution in [2.24, 2.45) is 4.99 Å². The first-order chi connectivity index (χ1) is 8.02. The fourth-order valence-electron chi connectivity index (χ4n) is 2.05. The van der Waals surface area contributed by atoms with E-state index in [0.29, 0.717) is 6.04 Å². The Hall–Kier alpha value is -0.810. The Bertz CT molecular complexity index is 243. The highest BCUT2D eigenvalue weighted by Gasteiger charge is 2.17. The standard InChI is InChI=1S/C12H26N4O/c1-11-10-17-9-8-16(11)7-6-13-12(14(2)3)15(4)5/h11H,6-10H2,1-5H3. The number of rotatable bonds is 3. The minimum Gasteiger partial charge on any atom is -0.379 e. The summed E-state index contributed by atoms with van der Waals surface area (Å²) in [7, 11) is 8.10. The van der Waals surface area contributed by atoms with Crippen molar-refractivity contribution < 1.29 is 4.74 Å². The number of ether oxygens (including phenoxy) is 1.